The third-order valence-electron chi connectivity index (χ3n) is 3.80. The predicted octanol–water partition coefficient (Wildman–Crippen LogP) is 1.95. The second-order valence-electron chi connectivity index (χ2n) is 5.29. The fourth-order valence-corrected chi connectivity index (χ4v) is 2.55. The third-order valence-corrected chi connectivity index (χ3v) is 3.80. The van der Waals surface area contributed by atoms with Crippen molar-refractivity contribution >= 4 is 5.95 Å². The molecule has 0 N–H and O–H groups in total. The molecule has 22 heavy (non-hydrogen) atoms. The summed E-state index contributed by atoms with van der Waals surface area (Å²) in [7, 11) is 1.60. The van der Waals surface area contributed by atoms with Gasteiger partial charge in [0.2, 0.25) is 11.8 Å². The van der Waals surface area contributed by atoms with E-state index in [-0.39, 0.29) is 5.82 Å². The fraction of sp³-hybridized carbons (Fsp3) is 0.375. The van der Waals surface area contributed by atoms with Gasteiger partial charge in [-0.1, -0.05) is 12.1 Å². The Bertz CT molecular complexity index is 612. The summed E-state index contributed by atoms with van der Waals surface area (Å²) in [6.45, 7) is 4.44. The number of methoxy groups -OCH3 is 1. The van der Waals surface area contributed by atoms with Crippen molar-refractivity contribution in [2.75, 3.05) is 38.2 Å². The topological polar surface area (TPSA) is 41.5 Å². The zero-order chi connectivity index (χ0) is 15.4. The highest BCUT2D eigenvalue weighted by Crippen LogP contribution is 2.15. The van der Waals surface area contributed by atoms with Gasteiger partial charge in [-0.3, -0.25) is 4.90 Å². The van der Waals surface area contributed by atoms with Crippen molar-refractivity contribution in [3.8, 4) is 5.88 Å². The van der Waals surface area contributed by atoms with Crippen molar-refractivity contribution in [1.82, 2.24) is 14.9 Å². The van der Waals surface area contributed by atoms with Crippen LogP contribution in [-0.2, 0) is 6.54 Å². The molecular weight excluding hydrogens is 283 g/mol. The molecule has 0 atom stereocenters. The highest BCUT2D eigenvalue weighted by atomic mass is 19.1. The van der Waals surface area contributed by atoms with Crippen LogP contribution in [0.3, 0.4) is 0 Å². The van der Waals surface area contributed by atoms with E-state index >= 15 is 0 Å². The minimum absolute atomic E-state index is 0.191. The number of benzene rings is 1. The molecule has 1 aromatic heterocycles. The number of hydrogen-bond acceptors (Lipinski definition) is 5. The maximum atomic E-state index is 12.9. The minimum Gasteiger partial charge on any atom is -0.481 e. The van der Waals surface area contributed by atoms with Crippen molar-refractivity contribution in [1.29, 1.82) is 0 Å². The van der Waals surface area contributed by atoms with Crippen LogP contribution in [0.5, 0.6) is 5.88 Å². The Labute approximate surface area is 129 Å². The summed E-state index contributed by atoms with van der Waals surface area (Å²) in [4.78, 5) is 13.2. The van der Waals surface area contributed by atoms with E-state index in [4.69, 9.17) is 4.74 Å². The average Bonchev–Trinajstić information content (AvgIpc) is 2.58. The summed E-state index contributed by atoms with van der Waals surface area (Å²) in [5.41, 5.74) is 1.13. The fourth-order valence-electron chi connectivity index (χ4n) is 2.55. The molecule has 1 aromatic carbocycles. The van der Waals surface area contributed by atoms with Crippen molar-refractivity contribution < 1.29 is 9.13 Å². The van der Waals surface area contributed by atoms with Gasteiger partial charge in [0.05, 0.1) is 7.11 Å². The zero-order valence-electron chi connectivity index (χ0n) is 12.6. The minimum atomic E-state index is -0.191. The van der Waals surface area contributed by atoms with Crippen molar-refractivity contribution in [3.63, 3.8) is 0 Å². The Morgan fingerprint density at radius 3 is 2.50 bits per heavy atom. The Morgan fingerprint density at radius 1 is 1.09 bits per heavy atom. The van der Waals surface area contributed by atoms with Gasteiger partial charge in [0.1, 0.15) is 5.82 Å². The quantitative estimate of drug-likeness (QED) is 0.863. The number of piperazine rings is 1. The summed E-state index contributed by atoms with van der Waals surface area (Å²) in [6.07, 6.45) is 1.71. The second-order valence-corrected chi connectivity index (χ2v) is 5.29. The van der Waals surface area contributed by atoms with E-state index in [1.165, 1.54) is 12.1 Å². The highest BCUT2D eigenvalue weighted by molar-refractivity contribution is 5.32. The van der Waals surface area contributed by atoms with E-state index in [0.29, 0.717) is 11.8 Å². The summed E-state index contributed by atoms with van der Waals surface area (Å²) in [5.74, 6) is 1.10. The molecule has 1 saturated heterocycles. The van der Waals surface area contributed by atoms with Gasteiger partial charge in [-0.25, -0.2) is 9.37 Å². The number of hydrogen-bond donors (Lipinski definition) is 0. The maximum absolute atomic E-state index is 12.9. The van der Waals surface area contributed by atoms with Crippen LogP contribution in [0.4, 0.5) is 10.3 Å². The monoisotopic (exact) mass is 302 g/mol. The molecular formula is C16H19FN4O. The first-order chi connectivity index (χ1) is 10.7. The Balaban J connectivity index is 1.56. The largest absolute Gasteiger partial charge is 0.481 e. The molecule has 6 heteroatoms. The molecule has 1 aliphatic rings. The lowest BCUT2D eigenvalue weighted by atomic mass is 10.2. The van der Waals surface area contributed by atoms with Crippen LogP contribution in [0.25, 0.3) is 0 Å². The first kappa shape index (κ1) is 14.7. The van der Waals surface area contributed by atoms with Gasteiger partial charge in [-0.15, -0.1) is 0 Å². The van der Waals surface area contributed by atoms with Crippen LogP contribution in [0, 0.1) is 5.82 Å². The lowest BCUT2D eigenvalue weighted by Gasteiger charge is -2.34. The predicted molar refractivity (Wildman–Crippen MR) is 82.5 cm³/mol. The maximum Gasteiger partial charge on any atom is 0.228 e. The van der Waals surface area contributed by atoms with E-state index in [2.05, 4.69) is 19.8 Å². The Morgan fingerprint density at radius 2 is 1.82 bits per heavy atom. The van der Waals surface area contributed by atoms with E-state index < -0.39 is 0 Å². The van der Waals surface area contributed by atoms with Crippen molar-refractivity contribution in [2.45, 2.75) is 6.54 Å². The van der Waals surface area contributed by atoms with Crippen molar-refractivity contribution in [2.24, 2.45) is 0 Å². The third kappa shape index (κ3) is 3.51. The summed E-state index contributed by atoms with van der Waals surface area (Å²) in [5, 5.41) is 0. The van der Waals surface area contributed by atoms with Gasteiger partial charge < -0.3 is 9.64 Å². The number of nitrogens with zero attached hydrogens (tertiary/aromatic N) is 4. The van der Waals surface area contributed by atoms with E-state index in [9.17, 15) is 4.39 Å². The highest BCUT2D eigenvalue weighted by Gasteiger charge is 2.19. The van der Waals surface area contributed by atoms with Crippen LogP contribution in [0.1, 0.15) is 5.56 Å². The SMILES string of the molecule is COc1ccnc(N2CCN(Cc3ccc(F)cc3)CC2)n1. The number of anilines is 1. The Kier molecular flexibility index (Phi) is 4.48. The van der Waals surface area contributed by atoms with E-state index in [1.807, 2.05) is 12.1 Å². The molecule has 1 aliphatic heterocycles. The normalized spacial score (nSPS) is 15.8. The van der Waals surface area contributed by atoms with Gasteiger partial charge in [0, 0.05) is 45.0 Å². The number of halogens is 1. The van der Waals surface area contributed by atoms with Crippen LogP contribution in [0.2, 0.25) is 0 Å². The standard InChI is InChI=1S/C16H19FN4O/c1-22-15-6-7-18-16(19-15)21-10-8-20(9-11-21)12-13-2-4-14(17)5-3-13/h2-7H,8-12H2,1H3. The van der Waals surface area contributed by atoms with Crippen molar-refractivity contribution in [3.05, 3.63) is 47.9 Å². The van der Waals surface area contributed by atoms with E-state index in [1.54, 1.807) is 19.4 Å². The van der Waals surface area contributed by atoms with Gasteiger partial charge in [0.25, 0.3) is 0 Å². The molecule has 0 saturated carbocycles. The van der Waals surface area contributed by atoms with Gasteiger partial charge in [-0.05, 0) is 17.7 Å². The molecule has 0 unspecified atom stereocenters. The van der Waals surface area contributed by atoms with Crippen LogP contribution >= 0.6 is 0 Å². The molecule has 116 valence electrons. The van der Waals surface area contributed by atoms with Gasteiger partial charge in [0.15, 0.2) is 0 Å². The van der Waals surface area contributed by atoms with Crippen LogP contribution in [-0.4, -0.2) is 48.2 Å². The van der Waals surface area contributed by atoms with E-state index in [0.717, 1.165) is 38.3 Å². The molecule has 0 amide bonds. The zero-order valence-corrected chi connectivity index (χ0v) is 12.6. The van der Waals surface area contributed by atoms with Gasteiger partial charge >= 0.3 is 0 Å². The molecule has 3 rings (SSSR count). The first-order valence-electron chi connectivity index (χ1n) is 7.33. The molecule has 0 bridgehead atoms. The smallest absolute Gasteiger partial charge is 0.228 e. The lowest BCUT2D eigenvalue weighted by molar-refractivity contribution is 0.248. The number of rotatable bonds is 4. The van der Waals surface area contributed by atoms with Crippen LogP contribution in [0.15, 0.2) is 36.5 Å². The van der Waals surface area contributed by atoms with Crippen LogP contribution < -0.4 is 9.64 Å². The number of ether oxygens (including phenoxy) is 1. The molecule has 2 heterocycles. The summed E-state index contributed by atoms with van der Waals surface area (Å²) >= 11 is 0. The Hall–Kier alpha value is -2.21. The molecule has 0 radical (unpaired) electrons. The number of aromatic nitrogens is 2. The van der Waals surface area contributed by atoms with Gasteiger partial charge in [-0.2, -0.15) is 4.98 Å². The summed E-state index contributed by atoms with van der Waals surface area (Å²) in [6, 6.07) is 8.44. The molecule has 2 aromatic rings. The lowest BCUT2D eigenvalue weighted by Crippen LogP contribution is -2.46. The first-order valence-corrected chi connectivity index (χ1v) is 7.33. The molecule has 0 spiro atoms. The molecule has 5 nitrogen and oxygen atoms in total. The average molecular weight is 302 g/mol. The molecule has 0 aliphatic carbocycles. The summed E-state index contributed by atoms with van der Waals surface area (Å²) < 4.78 is 18.1. The second kappa shape index (κ2) is 6.70. The molecule has 1 fully saturated rings.